The number of halogens is 1. The number of carboxylic acid groups (broad SMARTS) is 1. The molecule has 0 spiro atoms. The van der Waals surface area contributed by atoms with E-state index in [2.05, 4.69) is 4.98 Å². The highest BCUT2D eigenvalue weighted by molar-refractivity contribution is 8.00. The van der Waals surface area contributed by atoms with Gasteiger partial charge in [-0.15, -0.1) is 11.8 Å². The van der Waals surface area contributed by atoms with Gasteiger partial charge in [0.25, 0.3) is 0 Å². The van der Waals surface area contributed by atoms with E-state index in [1.54, 1.807) is 35.5 Å². The number of carbonyl (C=O) groups is 2. The van der Waals surface area contributed by atoms with Crippen LogP contribution in [-0.2, 0) is 27.3 Å². The molecule has 1 unspecified atom stereocenters. The van der Waals surface area contributed by atoms with Gasteiger partial charge in [-0.25, -0.2) is 9.18 Å². The Labute approximate surface area is 213 Å². The second-order valence-corrected chi connectivity index (χ2v) is 9.36. The van der Waals surface area contributed by atoms with Gasteiger partial charge in [0.1, 0.15) is 11.2 Å². The minimum absolute atomic E-state index is 0.0750. The molecule has 0 bridgehead atoms. The Morgan fingerprint density at radius 1 is 1.08 bits per heavy atom. The molecule has 36 heavy (non-hydrogen) atoms. The molecule has 1 atom stereocenters. The van der Waals surface area contributed by atoms with Gasteiger partial charge in [0.15, 0.2) is 0 Å². The third-order valence-corrected chi connectivity index (χ3v) is 7.18. The number of anilines is 1. The van der Waals surface area contributed by atoms with Gasteiger partial charge in [0.2, 0.25) is 5.91 Å². The molecule has 2 aromatic carbocycles. The van der Waals surface area contributed by atoms with E-state index in [0.717, 1.165) is 16.7 Å². The summed E-state index contributed by atoms with van der Waals surface area (Å²) in [5.74, 6) is -1.15. The van der Waals surface area contributed by atoms with Gasteiger partial charge in [-0.2, -0.15) is 0 Å². The quantitative estimate of drug-likeness (QED) is 0.371. The molecule has 1 aromatic heterocycles. The predicted octanol–water partition coefficient (Wildman–Crippen LogP) is 4.78. The number of thioether (sulfide) groups is 1. The number of ether oxygens (including phenoxy) is 2. The van der Waals surface area contributed by atoms with Gasteiger partial charge < -0.3 is 14.6 Å². The molecule has 7 nitrogen and oxygen atoms in total. The lowest BCUT2D eigenvalue weighted by atomic mass is 9.96. The lowest BCUT2D eigenvalue weighted by Crippen LogP contribution is -2.29. The van der Waals surface area contributed by atoms with Crippen LogP contribution in [-0.4, -0.2) is 47.5 Å². The molecule has 4 rings (SSSR count). The van der Waals surface area contributed by atoms with Crippen LogP contribution in [0, 0.1) is 12.7 Å². The third-order valence-electron chi connectivity index (χ3n) is 5.97. The highest BCUT2D eigenvalue weighted by Crippen LogP contribution is 2.43. The van der Waals surface area contributed by atoms with Crippen LogP contribution >= 0.6 is 11.8 Å². The molecule has 1 fully saturated rings. The van der Waals surface area contributed by atoms with Gasteiger partial charge in [-0.3, -0.25) is 14.7 Å². The van der Waals surface area contributed by atoms with Crippen LogP contribution in [0.5, 0.6) is 0 Å². The maximum Gasteiger partial charge on any atom is 0.335 e. The highest BCUT2D eigenvalue weighted by Gasteiger charge is 2.35. The lowest BCUT2D eigenvalue weighted by Gasteiger charge is -2.27. The zero-order valence-electron chi connectivity index (χ0n) is 19.9. The van der Waals surface area contributed by atoms with Crippen molar-refractivity contribution in [1.29, 1.82) is 0 Å². The van der Waals surface area contributed by atoms with Crippen molar-refractivity contribution in [3.8, 4) is 0 Å². The van der Waals surface area contributed by atoms with Crippen molar-refractivity contribution in [1.82, 2.24) is 4.98 Å². The summed E-state index contributed by atoms with van der Waals surface area (Å²) in [4.78, 5) is 30.4. The number of aromatic nitrogens is 1. The summed E-state index contributed by atoms with van der Waals surface area (Å²) in [6.07, 6.45) is 3.80. The van der Waals surface area contributed by atoms with E-state index in [9.17, 15) is 19.1 Å². The molecule has 0 aliphatic carbocycles. The van der Waals surface area contributed by atoms with Crippen LogP contribution in [0.15, 0.2) is 60.9 Å². The van der Waals surface area contributed by atoms with Gasteiger partial charge in [-0.1, -0.05) is 12.1 Å². The molecule has 9 heteroatoms. The molecule has 0 saturated carbocycles. The van der Waals surface area contributed by atoms with Crippen LogP contribution in [0.2, 0.25) is 0 Å². The summed E-state index contributed by atoms with van der Waals surface area (Å²) in [5, 5.41) is 9.44. The molecule has 1 saturated heterocycles. The average Bonchev–Trinajstić information content (AvgIpc) is 3.26. The van der Waals surface area contributed by atoms with E-state index in [-0.39, 0.29) is 22.7 Å². The number of carbonyl (C=O) groups excluding carboxylic acids is 1. The Hall–Kier alpha value is -3.27. The molecule has 3 aromatic rings. The van der Waals surface area contributed by atoms with E-state index < -0.39 is 5.97 Å². The summed E-state index contributed by atoms with van der Waals surface area (Å²) >= 11 is 1.46. The maximum atomic E-state index is 13.4. The Morgan fingerprint density at radius 3 is 2.53 bits per heavy atom. The summed E-state index contributed by atoms with van der Waals surface area (Å²) < 4.78 is 24.7. The Kier molecular flexibility index (Phi) is 8.69. The zero-order chi connectivity index (χ0) is 25.5. The number of hydrogen-bond donors (Lipinski definition) is 1. The maximum absolute atomic E-state index is 13.4. The van der Waals surface area contributed by atoms with Crippen molar-refractivity contribution < 1.29 is 28.6 Å². The summed E-state index contributed by atoms with van der Waals surface area (Å²) in [6.45, 7) is 3.39. The van der Waals surface area contributed by atoms with Crippen molar-refractivity contribution in [3.63, 3.8) is 0 Å². The first kappa shape index (κ1) is 25.8. The van der Waals surface area contributed by atoms with E-state index in [0.29, 0.717) is 49.9 Å². The lowest BCUT2D eigenvalue weighted by molar-refractivity contribution is -0.115. The van der Waals surface area contributed by atoms with Crippen molar-refractivity contribution in [3.05, 3.63) is 94.6 Å². The molecular formula is C27H27FN2O5S. The first-order valence-corrected chi connectivity index (χ1v) is 12.6. The van der Waals surface area contributed by atoms with E-state index in [1.165, 1.54) is 30.0 Å². The second-order valence-electron chi connectivity index (χ2n) is 8.29. The number of rotatable bonds is 11. The van der Waals surface area contributed by atoms with Crippen molar-refractivity contribution >= 4 is 29.3 Å². The molecule has 2 heterocycles. The highest BCUT2D eigenvalue weighted by atomic mass is 32.2. The fourth-order valence-electron chi connectivity index (χ4n) is 4.15. The Bertz CT molecular complexity index is 1210. The van der Waals surface area contributed by atoms with Crippen LogP contribution in [0.4, 0.5) is 10.1 Å². The first-order valence-electron chi connectivity index (χ1n) is 11.5. The molecule has 1 aliphatic heterocycles. The van der Waals surface area contributed by atoms with Gasteiger partial charge in [0, 0.05) is 18.1 Å². The monoisotopic (exact) mass is 510 g/mol. The van der Waals surface area contributed by atoms with Crippen LogP contribution in [0.3, 0.4) is 0 Å². The Balaban J connectivity index is 1.43. The van der Waals surface area contributed by atoms with Gasteiger partial charge in [0.05, 0.1) is 37.7 Å². The van der Waals surface area contributed by atoms with Crippen LogP contribution in [0.25, 0.3) is 0 Å². The predicted molar refractivity (Wildman–Crippen MR) is 136 cm³/mol. The molecular weight excluding hydrogens is 483 g/mol. The third kappa shape index (κ3) is 6.10. The number of aromatic carboxylic acids is 1. The minimum atomic E-state index is -1.03. The molecule has 1 aliphatic rings. The van der Waals surface area contributed by atoms with Crippen LogP contribution < -0.4 is 4.90 Å². The summed E-state index contributed by atoms with van der Waals surface area (Å²) in [5.41, 5.74) is 4.02. The molecule has 0 radical (unpaired) electrons. The molecule has 188 valence electrons. The van der Waals surface area contributed by atoms with Gasteiger partial charge in [-0.05, 0) is 72.0 Å². The topological polar surface area (TPSA) is 89.0 Å². The average molecular weight is 511 g/mol. The van der Waals surface area contributed by atoms with E-state index in [1.807, 2.05) is 19.1 Å². The van der Waals surface area contributed by atoms with E-state index in [4.69, 9.17) is 9.47 Å². The van der Waals surface area contributed by atoms with Gasteiger partial charge >= 0.3 is 5.97 Å². The number of carboxylic acids is 1. The standard InChI is InChI=1S/C27H27FN2O5S/c1-18-22(10-13-34-14-15-35-16-19-8-11-29-12-9-19)23(27(32)33)6-7-24(18)30-25(31)17-36-26(30)20-2-4-21(28)5-3-20/h2-9,11-12,26H,10,13-17H2,1H3,(H,32,33). The first-order chi connectivity index (χ1) is 17.5. The Morgan fingerprint density at radius 2 is 1.81 bits per heavy atom. The summed E-state index contributed by atoms with van der Waals surface area (Å²) in [6, 6.07) is 13.1. The molecule has 1 amide bonds. The number of nitrogens with zero attached hydrogens (tertiary/aromatic N) is 2. The van der Waals surface area contributed by atoms with Crippen molar-refractivity contribution in [2.24, 2.45) is 0 Å². The number of benzene rings is 2. The van der Waals surface area contributed by atoms with Crippen LogP contribution in [0.1, 0.15) is 38.0 Å². The number of hydrogen-bond acceptors (Lipinski definition) is 6. The van der Waals surface area contributed by atoms with E-state index >= 15 is 0 Å². The SMILES string of the molecule is Cc1c(N2C(=O)CSC2c2ccc(F)cc2)ccc(C(=O)O)c1CCOCCOCc1ccncc1. The van der Waals surface area contributed by atoms with Crippen molar-refractivity contribution in [2.75, 3.05) is 30.5 Å². The second kappa shape index (κ2) is 12.1. The number of amides is 1. The normalized spacial score (nSPS) is 15.4. The minimum Gasteiger partial charge on any atom is -0.478 e. The smallest absolute Gasteiger partial charge is 0.335 e. The number of pyridine rings is 1. The van der Waals surface area contributed by atoms with Crippen molar-refractivity contribution in [2.45, 2.75) is 25.3 Å². The summed E-state index contributed by atoms with van der Waals surface area (Å²) in [7, 11) is 0. The fourth-order valence-corrected chi connectivity index (χ4v) is 5.32. The fraction of sp³-hybridized carbons (Fsp3) is 0.296. The molecule has 1 N–H and O–H groups in total. The largest absolute Gasteiger partial charge is 0.478 e. The zero-order valence-corrected chi connectivity index (χ0v) is 20.7.